The Kier molecular flexibility index (Phi) is 2.86. The summed E-state index contributed by atoms with van der Waals surface area (Å²) in [5.41, 5.74) is 0.504. The highest BCUT2D eigenvalue weighted by molar-refractivity contribution is 5.89. The monoisotopic (exact) mass is 355 g/mol. The van der Waals surface area contributed by atoms with E-state index in [2.05, 4.69) is 4.90 Å². The van der Waals surface area contributed by atoms with Gasteiger partial charge in [0.25, 0.3) is 0 Å². The minimum atomic E-state index is -0.911. The van der Waals surface area contributed by atoms with Crippen LogP contribution in [0.4, 0.5) is 0 Å². The summed E-state index contributed by atoms with van der Waals surface area (Å²) in [5, 5.41) is 22.1. The topological polar surface area (TPSA) is 70.0 Å². The highest BCUT2D eigenvalue weighted by atomic mass is 16.5. The predicted octanol–water partition coefficient (Wildman–Crippen LogP) is 1.92. The van der Waals surface area contributed by atoms with Crippen LogP contribution < -0.4 is 4.74 Å². The Morgan fingerprint density at radius 3 is 2.92 bits per heavy atom. The second kappa shape index (κ2) is 4.82. The van der Waals surface area contributed by atoms with Gasteiger partial charge in [-0.3, -0.25) is 9.69 Å². The van der Waals surface area contributed by atoms with Crippen LogP contribution in [0.5, 0.6) is 11.5 Å². The largest absolute Gasteiger partial charge is 0.504 e. The molecule has 0 aromatic heterocycles. The van der Waals surface area contributed by atoms with Gasteiger partial charge < -0.3 is 14.9 Å². The summed E-state index contributed by atoms with van der Waals surface area (Å²) in [7, 11) is 0. The molecule has 3 unspecified atom stereocenters. The van der Waals surface area contributed by atoms with Gasteiger partial charge in [-0.25, -0.2) is 0 Å². The van der Waals surface area contributed by atoms with Gasteiger partial charge in [0.1, 0.15) is 0 Å². The molecule has 3 aliphatic carbocycles. The number of aromatic hydroxyl groups is 1. The lowest BCUT2D eigenvalue weighted by Crippen LogP contribution is -2.56. The fourth-order valence-corrected chi connectivity index (χ4v) is 6.06. The Hall–Kier alpha value is -1.59. The molecule has 2 saturated carbocycles. The number of carbonyl (C=O) groups excluding carboxylic acids is 1. The summed E-state index contributed by atoms with van der Waals surface area (Å²) in [6, 6.07) is 3.70. The molecule has 1 saturated heterocycles. The van der Waals surface area contributed by atoms with Crippen molar-refractivity contribution in [1.29, 1.82) is 0 Å². The Morgan fingerprint density at radius 1 is 1.27 bits per heavy atom. The lowest BCUT2D eigenvalue weighted by molar-refractivity contribution is -0.128. The highest BCUT2D eigenvalue weighted by Crippen LogP contribution is 2.72. The number of phenolic OH excluding ortho intramolecular Hbond substituents is 1. The van der Waals surface area contributed by atoms with E-state index >= 15 is 0 Å². The molecule has 2 N–H and O–H groups in total. The van der Waals surface area contributed by atoms with Gasteiger partial charge in [-0.15, -0.1) is 0 Å². The quantitative estimate of drug-likeness (QED) is 0.848. The molecule has 5 heteroatoms. The average molecular weight is 355 g/mol. The van der Waals surface area contributed by atoms with Crippen molar-refractivity contribution in [3.8, 4) is 11.5 Å². The predicted molar refractivity (Wildman–Crippen MR) is 94.4 cm³/mol. The normalized spacial score (nSPS) is 40.7. The Morgan fingerprint density at radius 2 is 2.12 bits per heavy atom. The maximum absolute atomic E-state index is 12.9. The molecule has 4 atom stereocenters. The fourth-order valence-electron chi connectivity index (χ4n) is 6.06. The first kappa shape index (κ1) is 15.5. The average Bonchev–Trinajstić information content (AvgIpc) is 3.49. The van der Waals surface area contributed by atoms with Crippen molar-refractivity contribution in [3.05, 3.63) is 23.3 Å². The van der Waals surface area contributed by atoms with Gasteiger partial charge in [-0.05, 0) is 62.6 Å². The van der Waals surface area contributed by atoms with Crippen molar-refractivity contribution >= 4 is 5.78 Å². The molecule has 2 bridgehead atoms. The maximum Gasteiger partial charge on any atom is 0.174 e. The van der Waals surface area contributed by atoms with Gasteiger partial charge in [0.2, 0.25) is 0 Å². The van der Waals surface area contributed by atoms with Gasteiger partial charge in [0.15, 0.2) is 23.4 Å². The molecular formula is C21H25NO4. The number of phenols is 1. The number of ketones is 1. The molecule has 5 nitrogen and oxygen atoms in total. The molecule has 0 amide bonds. The van der Waals surface area contributed by atoms with Crippen LogP contribution in [0.1, 0.15) is 49.7 Å². The Labute approximate surface area is 152 Å². The summed E-state index contributed by atoms with van der Waals surface area (Å²) in [6.07, 6.45) is 5.66. The van der Waals surface area contributed by atoms with Crippen LogP contribution in [0.15, 0.2) is 12.1 Å². The van der Waals surface area contributed by atoms with E-state index in [-0.39, 0.29) is 17.6 Å². The molecule has 3 fully saturated rings. The van der Waals surface area contributed by atoms with Crippen LogP contribution >= 0.6 is 0 Å². The zero-order valence-electron chi connectivity index (χ0n) is 14.9. The van der Waals surface area contributed by atoms with Gasteiger partial charge in [0, 0.05) is 24.6 Å². The fraction of sp³-hybridized carbons (Fsp3) is 0.667. The zero-order chi connectivity index (χ0) is 17.7. The van der Waals surface area contributed by atoms with Gasteiger partial charge in [-0.2, -0.15) is 0 Å². The number of Topliss-reactive ketones (excluding diaryl/α,β-unsaturated/α-hetero) is 1. The summed E-state index contributed by atoms with van der Waals surface area (Å²) in [5.74, 6) is 1.39. The molecule has 1 aromatic carbocycles. The second-order valence-corrected chi connectivity index (χ2v) is 9.10. The Bertz CT molecular complexity index is 818. The minimum Gasteiger partial charge on any atom is -0.504 e. The molecule has 2 heterocycles. The molecule has 2 aliphatic heterocycles. The standard InChI is InChI=1S/C21H25NO4/c23-14-7-6-13-9-16-21(25)11-20(21)17(13)18(14)26-19(20)15(24)3-1-2-8-22(16)10-12-4-5-12/h6-7,12,16,19,23,25H,1-5,8-11H2/t16?,19-,20?,21?/m0/s1. The first-order chi connectivity index (χ1) is 12.5. The molecular weight excluding hydrogens is 330 g/mol. The molecule has 1 spiro atoms. The van der Waals surface area contributed by atoms with Crippen molar-refractivity contribution in [2.45, 2.75) is 68.1 Å². The Balaban J connectivity index is 1.52. The van der Waals surface area contributed by atoms with E-state index in [4.69, 9.17) is 4.74 Å². The van der Waals surface area contributed by atoms with Crippen LogP contribution in [0.25, 0.3) is 0 Å². The van der Waals surface area contributed by atoms with Crippen LogP contribution in [0.2, 0.25) is 0 Å². The van der Waals surface area contributed by atoms with E-state index in [0.717, 1.165) is 49.4 Å². The summed E-state index contributed by atoms with van der Waals surface area (Å²) in [4.78, 5) is 15.4. The number of ether oxygens (including phenoxy) is 1. The minimum absolute atomic E-state index is 0.0445. The zero-order valence-corrected chi connectivity index (χ0v) is 14.9. The molecule has 26 heavy (non-hydrogen) atoms. The van der Waals surface area contributed by atoms with E-state index in [1.807, 2.05) is 6.07 Å². The number of benzene rings is 1. The van der Waals surface area contributed by atoms with E-state index < -0.39 is 17.1 Å². The first-order valence-corrected chi connectivity index (χ1v) is 10.1. The number of hydrogen-bond donors (Lipinski definition) is 2. The van der Waals surface area contributed by atoms with Crippen molar-refractivity contribution in [1.82, 2.24) is 4.90 Å². The third-order valence-electron chi connectivity index (χ3n) is 7.55. The van der Waals surface area contributed by atoms with E-state index in [1.165, 1.54) is 12.8 Å². The number of carbonyl (C=O) groups is 1. The van der Waals surface area contributed by atoms with Gasteiger partial charge in [-0.1, -0.05) is 6.07 Å². The number of aliphatic hydroxyl groups is 1. The van der Waals surface area contributed by atoms with E-state index in [1.54, 1.807) is 6.07 Å². The third-order valence-corrected chi connectivity index (χ3v) is 7.55. The van der Waals surface area contributed by atoms with Crippen molar-refractivity contribution in [3.63, 3.8) is 0 Å². The van der Waals surface area contributed by atoms with E-state index in [0.29, 0.717) is 18.6 Å². The first-order valence-electron chi connectivity index (χ1n) is 10.1. The smallest absolute Gasteiger partial charge is 0.174 e. The van der Waals surface area contributed by atoms with E-state index in [9.17, 15) is 15.0 Å². The maximum atomic E-state index is 12.9. The van der Waals surface area contributed by atoms with Gasteiger partial charge in [0.05, 0.1) is 11.0 Å². The van der Waals surface area contributed by atoms with Crippen molar-refractivity contribution in [2.75, 3.05) is 13.1 Å². The molecule has 0 radical (unpaired) electrons. The number of hydrogen-bond acceptors (Lipinski definition) is 5. The van der Waals surface area contributed by atoms with Gasteiger partial charge >= 0.3 is 0 Å². The second-order valence-electron chi connectivity index (χ2n) is 9.10. The molecule has 1 aromatic rings. The molecule has 5 aliphatic rings. The van der Waals surface area contributed by atoms with Crippen LogP contribution in [-0.4, -0.2) is 51.7 Å². The van der Waals surface area contributed by atoms with Crippen molar-refractivity contribution < 1.29 is 19.7 Å². The molecule has 138 valence electrons. The van der Waals surface area contributed by atoms with Crippen LogP contribution in [0, 0.1) is 5.92 Å². The highest BCUT2D eigenvalue weighted by Gasteiger charge is 2.82. The van der Waals surface area contributed by atoms with Crippen LogP contribution in [-0.2, 0) is 16.6 Å². The lowest BCUT2D eigenvalue weighted by atomic mass is 9.73. The summed E-state index contributed by atoms with van der Waals surface area (Å²) in [6.45, 7) is 2.02. The summed E-state index contributed by atoms with van der Waals surface area (Å²) < 4.78 is 6.05. The van der Waals surface area contributed by atoms with Crippen LogP contribution in [0.3, 0.4) is 0 Å². The number of rotatable bonds is 2. The lowest BCUT2D eigenvalue weighted by Gasteiger charge is -2.42. The molecule has 6 rings (SSSR count). The number of nitrogens with zero attached hydrogens (tertiary/aromatic N) is 1. The SMILES string of the molecule is O=C1CCCCN(CC2CC2)C2Cc3ccc(O)c4c3C3(CC23O)[C@H]1O4. The third kappa shape index (κ3) is 1.76. The van der Waals surface area contributed by atoms with Crippen molar-refractivity contribution in [2.24, 2.45) is 5.92 Å². The summed E-state index contributed by atoms with van der Waals surface area (Å²) >= 11 is 0.